The predicted octanol–water partition coefficient (Wildman–Crippen LogP) is -3.79. The van der Waals surface area contributed by atoms with Crippen molar-refractivity contribution in [2.75, 3.05) is 68.5 Å². The van der Waals surface area contributed by atoms with Gasteiger partial charge in [0.05, 0.1) is 5.97 Å². The summed E-state index contributed by atoms with van der Waals surface area (Å²) >= 11 is 3.66. The Bertz CT molecular complexity index is 1620. The second-order valence-electron chi connectivity index (χ2n) is 11.4. The van der Waals surface area contributed by atoms with Crippen molar-refractivity contribution in [3.63, 3.8) is 0 Å². The summed E-state index contributed by atoms with van der Waals surface area (Å²) in [5, 5.41) is 32.9. The van der Waals surface area contributed by atoms with Crippen molar-refractivity contribution < 1.29 is 53.9 Å². The molecule has 2 amide bonds. The van der Waals surface area contributed by atoms with Gasteiger partial charge in [0.25, 0.3) is 5.91 Å². The number of nitrogens with two attached hydrogens (primary N) is 1. The minimum Gasteiger partial charge on any atom is -0.549 e. The number of anilines is 2. The van der Waals surface area contributed by atoms with E-state index in [1.165, 1.54) is 41.2 Å². The van der Waals surface area contributed by atoms with Gasteiger partial charge in [-0.25, -0.2) is 9.67 Å². The van der Waals surface area contributed by atoms with E-state index in [1.807, 2.05) is 6.07 Å². The molecule has 2 unspecified atom stereocenters. The van der Waals surface area contributed by atoms with Crippen LogP contribution in [0.2, 0.25) is 0 Å². The molecule has 6 rings (SSSR count). The number of carboxylic acids is 1. The summed E-state index contributed by atoms with van der Waals surface area (Å²) in [6.45, 7) is 5.33. The number of aliphatic carboxylic acids is 1. The zero-order valence-corrected chi connectivity index (χ0v) is 31.0. The van der Waals surface area contributed by atoms with E-state index in [2.05, 4.69) is 65.0 Å². The number of hydrogen-bond donors (Lipinski definition) is 2. The summed E-state index contributed by atoms with van der Waals surface area (Å²) < 4.78 is 1.70. The van der Waals surface area contributed by atoms with Crippen LogP contribution < -0.4 is 50.6 Å². The number of fused-ring (bicyclic) bond motifs is 1. The van der Waals surface area contributed by atoms with E-state index in [9.17, 15) is 19.5 Å². The summed E-state index contributed by atoms with van der Waals surface area (Å²) in [7, 11) is 1.29. The standard InChI is InChI=1S/C28H35N11O5S3.Na/c1-44-33-20(19-14-45-26(29)30-19)22(40)31-21-23(41)38-15-28(25(42)43,16-46-24(21)38)17-47-27-32-34-35-39(27)9-5-8-36-10-12-37(13-11-36)18-6-3-2-4-7-18;/h2-4,6-7,14,21,24H,5,8-13,15-17H2,1H3,(H2,29,30)(H,31,40)(H,42,43);/q;+1/p-1/t21?,24-,28?;/m1./s1. The molecule has 0 radical (unpaired) electrons. The minimum absolute atomic E-state index is 0. The quantitative estimate of drug-likeness (QED) is 0.0572. The molecule has 1 aromatic carbocycles. The summed E-state index contributed by atoms with van der Waals surface area (Å²) in [5.41, 5.74) is 5.72. The fraction of sp³-hybridized carbons (Fsp3) is 0.500. The van der Waals surface area contributed by atoms with Crippen LogP contribution >= 0.6 is 34.9 Å². The van der Waals surface area contributed by atoms with Crippen molar-refractivity contribution >= 4 is 69.2 Å². The number of piperazine rings is 1. The molecule has 0 bridgehead atoms. The number of oxime groups is 1. The first-order chi connectivity index (χ1) is 22.8. The third-order valence-electron chi connectivity index (χ3n) is 8.34. The number of nitrogens with zero attached hydrogens (tertiary/aromatic N) is 9. The molecule has 0 aliphatic carbocycles. The largest absolute Gasteiger partial charge is 1.00 e. The number of benzene rings is 1. The molecule has 0 spiro atoms. The number of aromatic nitrogens is 5. The number of nitrogen functional groups attached to an aromatic ring is 1. The molecule has 3 aliphatic heterocycles. The van der Waals surface area contributed by atoms with Crippen LogP contribution in [-0.2, 0) is 25.8 Å². The third kappa shape index (κ3) is 7.92. The molecule has 3 N–H and O–H groups in total. The van der Waals surface area contributed by atoms with Gasteiger partial charge in [0.2, 0.25) is 11.1 Å². The van der Waals surface area contributed by atoms with E-state index >= 15 is 0 Å². The number of thiazole rings is 1. The van der Waals surface area contributed by atoms with Gasteiger partial charge >= 0.3 is 29.6 Å². The Morgan fingerprint density at radius 1 is 1.21 bits per heavy atom. The molecule has 16 nitrogen and oxygen atoms in total. The first kappa shape index (κ1) is 36.3. The number of rotatable bonds is 13. The number of β-lactam (4-membered cyclic amide) rings is 1. The van der Waals surface area contributed by atoms with E-state index in [0.717, 1.165) is 50.5 Å². The van der Waals surface area contributed by atoms with Crippen molar-refractivity contribution in [3.8, 4) is 0 Å². The van der Waals surface area contributed by atoms with E-state index in [0.29, 0.717) is 11.7 Å². The number of amides is 2. The number of nitrogens with one attached hydrogen (secondary N) is 1. The van der Waals surface area contributed by atoms with Crippen LogP contribution in [0.4, 0.5) is 10.8 Å². The van der Waals surface area contributed by atoms with Crippen molar-refractivity contribution in [2.24, 2.45) is 10.6 Å². The average molecular weight is 724 g/mol. The number of carboxylic acid groups (broad SMARTS) is 1. The van der Waals surface area contributed by atoms with Gasteiger partial charge in [-0.3, -0.25) is 14.5 Å². The molecule has 20 heteroatoms. The fourth-order valence-corrected chi connectivity index (χ4v) is 9.06. The Morgan fingerprint density at radius 3 is 2.67 bits per heavy atom. The number of aryl methyl sites for hydroxylation is 1. The molecular formula is C28H34N11NaO5S3. The van der Waals surface area contributed by atoms with E-state index in [1.54, 1.807) is 10.1 Å². The SMILES string of the molecule is CON=C(C(=O)NC1C(=O)N2CC(CSc3nnnn3CCCN3CCN(c4ccccc4)CC3)(C(=O)[O-])CS[C@H]12)c1csc(N)n1.[Na+]. The van der Waals surface area contributed by atoms with Gasteiger partial charge in [0.15, 0.2) is 10.8 Å². The van der Waals surface area contributed by atoms with Crippen molar-refractivity contribution in [1.29, 1.82) is 0 Å². The molecule has 48 heavy (non-hydrogen) atoms. The molecule has 2 aromatic heterocycles. The maximum Gasteiger partial charge on any atom is 1.00 e. The van der Waals surface area contributed by atoms with Crippen LogP contribution in [0.5, 0.6) is 0 Å². The molecule has 5 heterocycles. The molecule has 0 saturated carbocycles. The molecule has 3 aliphatic rings. The summed E-state index contributed by atoms with van der Waals surface area (Å²) in [4.78, 5) is 53.7. The maximum absolute atomic E-state index is 13.1. The Morgan fingerprint density at radius 2 is 1.98 bits per heavy atom. The summed E-state index contributed by atoms with van der Waals surface area (Å²) in [5.74, 6) is -1.99. The number of carbonyl (C=O) groups excluding carboxylic acids is 3. The zero-order valence-electron chi connectivity index (χ0n) is 26.6. The Hall–Kier alpha value is -2.94. The molecule has 3 fully saturated rings. The first-order valence-corrected chi connectivity index (χ1v) is 17.9. The van der Waals surface area contributed by atoms with Gasteiger partial charge in [-0.15, -0.1) is 28.2 Å². The van der Waals surface area contributed by atoms with Crippen LogP contribution in [0.3, 0.4) is 0 Å². The number of tetrazole rings is 1. The first-order valence-electron chi connectivity index (χ1n) is 15.0. The van der Waals surface area contributed by atoms with Crippen molar-refractivity contribution in [2.45, 2.75) is 29.5 Å². The fourth-order valence-electron chi connectivity index (χ4n) is 5.75. The smallest absolute Gasteiger partial charge is 0.549 e. The Balaban J connectivity index is 0.00000451. The van der Waals surface area contributed by atoms with E-state index in [4.69, 9.17) is 10.6 Å². The Labute approximate surface area is 311 Å². The number of thioether (sulfide) groups is 2. The number of hydrogen-bond acceptors (Lipinski definition) is 16. The molecular weight excluding hydrogens is 690 g/mol. The average Bonchev–Trinajstić information content (AvgIpc) is 3.73. The van der Waals surface area contributed by atoms with Crippen LogP contribution in [0, 0.1) is 5.41 Å². The predicted molar refractivity (Wildman–Crippen MR) is 176 cm³/mol. The maximum atomic E-state index is 13.1. The Kier molecular flexibility index (Phi) is 12.2. The van der Waals surface area contributed by atoms with Crippen LogP contribution in [0.1, 0.15) is 12.1 Å². The molecule has 3 aromatic rings. The normalized spacial score (nSPS) is 22.8. The number of carbonyl (C=O) groups is 3. The molecule has 250 valence electrons. The zero-order chi connectivity index (χ0) is 33.0. The number of para-hydroxylation sites is 1. The van der Waals surface area contributed by atoms with Gasteiger partial charge in [-0.2, -0.15) is 0 Å². The monoisotopic (exact) mass is 723 g/mol. The van der Waals surface area contributed by atoms with E-state index in [-0.39, 0.29) is 64.1 Å². The molecule has 3 atom stereocenters. The minimum atomic E-state index is -1.33. The topological polar surface area (TPSA) is 200 Å². The van der Waals surface area contributed by atoms with Gasteiger partial charge in [-0.1, -0.05) is 35.1 Å². The van der Waals surface area contributed by atoms with Gasteiger partial charge in [0, 0.05) is 73.8 Å². The van der Waals surface area contributed by atoms with Crippen LogP contribution in [-0.4, -0.2) is 128 Å². The second kappa shape index (κ2) is 16.2. The van der Waals surface area contributed by atoms with Crippen LogP contribution in [0.15, 0.2) is 46.0 Å². The second-order valence-corrected chi connectivity index (χ2v) is 14.3. The van der Waals surface area contributed by atoms with Gasteiger partial charge in [-0.05, 0) is 29.0 Å². The van der Waals surface area contributed by atoms with Gasteiger partial charge < -0.3 is 35.6 Å². The van der Waals surface area contributed by atoms with Crippen LogP contribution in [0.25, 0.3) is 0 Å². The van der Waals surface area contributed by atoms with E-state index < -0.39 is 34.6 Å². The third-order valence-corrected chi connectivity index (χ3v) is 11.9. The summed E-state index contributed by atoms with van der Waals surface area (Å²) in [6, 6.07) is 9.56. The van der Waals surface area contributed by atoms with Crippen molar-refractivity contribution in [1.82, 2.24) is 40.3 Å². The van der Waals surface area contributed by atoms with Crippen molar-refractivity contribution in [3.05, 3.63) is 41.4 Å². The van der Waals surface area contributed by atoms with Gasteiger partial charge in [0.1, 0.15) is 24.2 Å². The molecule has 3 saturated heterocycles. The summed E-state index contributed by atoms with van der Waals surface area (Å²) in [6.07, 6.45) is 0.842.